The second-order valence-electron chi connectivity index (χ2n) is 2.72. The van der Waals surface area contributed by atoms with Gasteiger partial charge in [-0.05, 0) is 13.8 Å². The third-order valence-corrected chi connectivity index (χ3v) is 0.722. The molecule has 0 aromatic carbocycles. The molecule has 0 heterocycles. The zero-order valence-corrected chi connectivity index (χ0v) is 6.65. The molecule has 0 saturated heterocycles. The van der Waals surface area contributed by atoms with Gasteiger partial charge in [0.25, 0.3) is 0 Å². The molecule has 1 N–H and O–H groups in total. The third kappa shape index (κ3) is 7.36. The minimum Gasteiger partial charge on any atom is -0.343 e. The molecule has 0 spiro atoms. The van der Waals surface area contributed by atoms with Crippen molar-refractivity contribution in [3.8, 4) is 12.0 Å². The molecule has 0 atom stereocenters. The molecule has 0 unspecified atom stereocenters. The summed E-state index contributed by atoms with van der Waals surface area (Å²) in [6.45, 7) is 8.31. The second kappa shape index (κ2) is 4.26. The van der Waals surface area contributed by atoms with Crippen LogP contribution in [-0.2, 0) is 0 Å². The molecule has 0 fully saturated rings. The van der Waals surface area contributed by atoms with Gasteiger partial charge in [-0.15, -0.1) is 0 Å². The maximum absolute atomic E-state index is 3.02. The van der Waals surface area contributed by atoms with Crippen LogP contribution in [0.1, 0.15) is 27.7 Å². The lowest BCUT2D eigenvalue weighted by Gasteiger charge is -1.98. The number of hydrogen-bond acceptors (Lipinski definition) is 1. The minimum atomic E-state index is 0.469. The van der Waals surface area contributed by atoms with Crippen molar-refractivity contribution in [2.24, 2.45) is 5.92 Å². The Morgan fingerprint density at radius 2 is 1.67 bits per heavy atom. The predicted octanol–water partition coefficient (Wildman–Crippen LogP) is 1.60. The maximum Gasteiger partial charge on any atom is 0.0284 e. The van der Waals surface area contributed by atoms with Crippen molar-refractivity contribution in [3.05, 3.63) is 0 Å². The molecule has 0 amide bonds. The maximum atomic E-state index is 3.02. The largest absolute Gasteiger partial charge is 0.343 e. The molecular weight excluding hydrogens is 110 g/mol. The molecule has 1 nitrogen and oxygen atoms in total. The topological polar surface area (TPSA) is 12.0 Å². The Labute approximate surface area is 57.8 Å². The first-order valence-electron chi connectivity index (χ1n) is 3.39. The average molecular weight is 125 g/mol. The Balaban J connectivity index is 3.38. The summed E-state index contributed by atoms with van der Waals surface area (Å²) in [5.41, 5.74) is 0. The lowest BCUT2D eigenvalue weighted by molar-refractivity contribution is 0.718. The van der Waals surface area contributed by atoms with Crippen LogP contribution in [0, 0.1) is 17.9 Å². The van der Waals surface area contributed by atoms with Crippen molar-refractivity contribution >= 4 is 0 Å². The summed E-state index contributed by atoms with van der Waals surface area (Å²) in [5.74, 6) is 3.48. The highest BCUT2D eigenvalue weighted by Crippen LogP contribution is 1.84. The average Bonchev–Trinajstić information content (AvgIpc) is 1.63. The van der Waals surface area contributed by atoms with Crippen molar-refractivity contribution in [1.82, 2.24) is 5.32 Å². The lowest BCUT2D eigenvalue weighted by atomic mass is 10.2. The highest BCUT2D eigenvalue weighted by Gasteiger charge is 1.83. The second-order valence-corrected chi connectivity index (χ2v) is 2.72. The van der Waals surface area contributed by atoms with Crippen LogP contribution in [0.5, 0.6) is 0 Å². The SMILES string of the molecule is CC(C)C#CNC(C)C. The zero-order valence-electron chi connectivity index (χ0n) is 6.65. The highest BCUT2D eigenvalue weighted by molar-refractivity contribution is 4.99. The normalized spacial score (nSPS) is 9.11. The van der Waals surface area contributed by atoms with E-state index in [0.29, 0.717) is 12.0 Å². The van der Waals surface area contributed by atoms with E-state index in [4.69, 9.17) is 0 Å². The van der Waals surface area contributed by atoms with E-state index in [-0.39, 0.29) is 0 Å². The molecule has 0 aromatic rings. The van der Waals surface area contributed by atoms with E-state index in [9.17, 15) is 0 Å². The van der Waals surface area contributed by atoms with Gasteiger partial charge < -0.3 is 5.32 Å². The Bertz CT molecular complexity index is 114. The van der Waals surface area contributed by atoms with Crippen LogP contribution in [0.3, 0.4) is 0 Å². The molecule has 0 aliphatic heterocycles. The van der Waals surface area contributed by atoms with E-state index < -0.39 is 0 Å². The van der Waals surface area contributed by atoms with E-state index in [1.54, 1.807) is 0 Å². The summed E-state index contributed by atoms with van der Waals surface area (Å²) in [4.78, 5) is 0. The Morgan fingerprint density at radius 3 is 2.00 bits per heavy atom. The van der Waals surface area contributed by atoms with Crippen LogP contribution in [-0.4, -0.2) is 6.04 Å². The number of rotatable bonds is 1. The van der Waals surface area contributed by atoms with Crippen LogP contribution in [0.15, 0.2) is 0 Å². The summed E-state index contributed by atoms with van der Waals surface area (Å²) >= 11 is 0. The summed E-state index contributed by atoms with van der Waals surface area (Å²) in [7, 11) is 0. The minimum absolute atomic E-state index is 0.469. The standard InChI is InChI=1S/C8H15N/c1-7(2)5-6-9-8(3)4/h7-9H,1-4H3. The lowest BCUT2D eigenvalue weighted by Crippen LogP contribution is -2.16. The van der Waals surface area contributed by atoms with Crippen LogP contribution in [0.25, 0.3) is 0 Å². The molecule has 0 saturated carbocycles. The van der Waals surface area contributed by atoms with Gasteiger partial charge >= 0.3 is 0 Å². The number of nitrogens with one attached hydrogen (secondary N) is 1. The zero-order chi connectivity index (χ0) is 7.28. The van der Waals surface area contributed by atoms with Crippen molar-refractivity contribution < 1.29 is 0 Å². The Hall–Kier alpha value is -0.640. The van der Waals surface area contributed by atoms with Gasteiger partial charge in [0.1, 0.15) is 0 Å². The first-order chi connectivity index (χ1) is 4.13. The smallest absolute Gasteiger partial charge is 0.0284 e. The van der Waals surface area contributed by atoms with Crippen molar-refractivity contribution in [2.75, 3.05) is 0 Å². The van der Waals surface area contributed by atoms with Gasteiger partial charge in [-0.2, -0.15) is 0 Å². The van der Waals surface area contributed by atoms with E-state index in [2.05, 4.69) is 45.0 Å². The molecule has 0 aromatic heterocycles. The fraction of sp³-hybridized carbons (Fsp3) is 0.750. The fourth-order valence-electron chi connectivity index (χ4n) is 0.330. The van der Waals surface area contributed by atoms with Crippen molar-refractivity contribution in [1.29, 1.82) is 0 Å². The monoisotopic (exact) mass is 125 g/mol. The summed E-state index contributed by atoms with van der Waals surface area (Å²) in [6, 6.07) is 3.35. The van der Waals surface area contributed by atoms with Crippen LogP contribution in [0.4, 0.5) is 0 Å². The molecule has 9 heavy (non-hydrogen) atoms. The summed E-state index contributed by atoms with van der Waals surface area (Å²) in [6.07, 6.45) is 0. The Morgan fingerprint density at radius 1 is 1.11 bits per heavy atom. The first-order valence-corrected chi connectivity index (χ1v) is 3.39. The van der Waals surface area contributed by atoms with Gasteiger partial charge in [-0.1, -0.05) is 19.8 Å². The van der Waals surface area contributed by atoms with Gasteiger partial charge in [0.05, 0.1) is 0 Å². The third-order valence-electron chi connectivity index (χ3n) is 0.722. The van der Waals surface area contributed by atoms with Gasteiger partial charge in [-0.3, -0.25) is 0 Å². The quantitative estimate of drug-likeness (QED) is 0.414. The van der Waals surface area contributed by atoms with Crippen LogP contribution < -0.4 is 5.32 Å². The molecule has 0 radical (unpaired) electrons. The molecule has 0 rings (SSSR count). The molecule has 0 bridgehead atoms. The molecular formula is C8H15N. The molecule has 52 valence electrons. The van der Waals surface area contributed by atoms with E-state index in [1.807, 2.05) is 0 Å². The number of hydrogen-bond donors (Lipinski definition) is 1. The summed E-state index contributed by atoms with van der Waals surface area (Å²) < 4.78 is 0. The fourth-order valence-corrected chi connectivity index (χ4v) is 0.330. The highest BCUT2D eigenvalue weighted by atomic mass is 14.8. The van der Waals surface area contributed by atoms with E-state index in [0.717, 1.165) is 0 Å². The molecule has 0 aliphatic rings. The van der Waals surface area contributed by atoms with Crippen molar-refractivity contribution in [3.63, 3.8) is 0 Å². The van der Waals surface area contributed by atoms with Gasteiger partial charge in [0.2, 0.25) is 0 Å². The van der Waals surface area contributed by atoms with Gasteiger partial charge in [-0.25, -0.2) is 0 Å². The van der Waals surface area contributed by atoms with Gasteiger partial charge in [0.15, 0.2) is 0 Å². The Kier molecular flexibility index (Phi) is 3.96. The van der Waals surface area contributed by atoms with E-state index >= 15 is 0 Å². The molecule has 0 aliphatic carbocycles. The summed E-state index contributed by atoms with van der Waals surface area (Å²) in [5, 5.41) is 3.02. The first kappa shape index (κ1) is 8.36. The van der Waals surface area contributed by atoms with Gasteiger partial charge in [0, 0.05) is 18.0 Å². The molecule has 1 heteroatoms. The van der Waals surface area contributed by atoms with Crippen molar-refractivity contribution in [2.45, 2.75) is 33.7 Å². The van der Waals surface area contributed by atoms with Crippen LogP contribution >= 0.6 is 0 Å². The van der Waals surface area contributed by atoms with Crippen LogP contribution in [0.2, 0.25) is 0 Å². The van der Waals surface area contributed by atoms with E-state index in [1.165, 1.54) is 0 Å². The predicted molar refractivity (Wildman–Crippen MR) is 40.9 cm³/mol.